The van der Waals surface area contributed by atoms with E-state index in [1.54, 1.807) is 33.8 Å². The lowest BCUT2D eigenvalue weighted by Crippen LogP contribution is -2.43. The summed E-state index contributed by atoms with van der Waals surface area (Å²) < 4.78 is 40.3. The average Bonchev–Trinajstić information content (AvgIpc) is 2.89. The normalized spacial score (nSPS) is 18.0. The maximum atomic E-state index is 13.5. The molecule has 0 aliphatic rings. The van der Waals surface area contributed by atoms with Gasteiger partial charge in [-0.15, -0.1) is 0 Å². The van der Waals surface area contributed by atoms with Gasteiger partial charge in [0, 0.05) is 25.4 Å². The molecular weight excluding hydrogens is 569 g/mol. The van der Waals surface area contributed by atoms with Gasteiger partial charge in [-0.1, -0.05) is 20.8 Å². The van der Waals surface area contributed by atoms with Crippen LogP contribution in [0, 0.1) is 5.92 Å². The first-order valence-electron chi connectivity index (χ1n) is 14.0. The zero-order valence-electron chi connectivity index (χ0n) is 26.4. The van der Waals surface area contributed by atoms with Crippen molar-refractivity contribution in [1.82, 2.24) is 5.09 Å². The van der Waals surface area contributed by atoms with E-state index in [4.69, 9.17) is 34.7 Å². The number of nitrogens with zero attached hydrogens (tertiary/aromatic N) is 2. The molecule has 0 aromatic carbocycles. The Hall–Kier alpha value is -2.32. The molecule has 0 fully saturated rings. The fourth-order valence-electron chi connectivity index (χ4n) is 3.47. The second-order valence-electron chi connectivity index (χ2n) is 10.1. The number of aliphatic imine (C=N–C) groups is 2. The summed E-state index contributed by atoms with van der Waals surface area (Å²) in [6, 6.07) is -0.959. The van der Waals surface area contributed by atoms with Crippen LogP contribution in [0.1, 0.15) is 67.7 Å². The molecule has 0 radical (unpaired) electrons. The van der Waals surface area contributed by atoms with Gasteiger partial charge < -0.3 is 35.9 Å². The smallest absolute Gasteiger partial charge is 0.406 e. The summed E-state index contributed by atoms with van der Waals surface area (Å²) in [5.74, 6) is -0.212. The second kappa shape index (κ2) is 20.6. The maximum absolute atomic E-state index is 13.5. The molecule has 0 aromatic heterocycles. The van der Waals surface area contributed by atoms with Crippen LogP contribution in [0.2, 0.25) is 0 Å². The number of hydrogen-bond acceptors (Lipinski definition) is 13. The highest BCUT2D eigenvalue weighted by molar-refractivity contribution is 7.51. The number of aliphatic hydroxyl groups is 2. The molecule has 0 aliphatic heterocycles. The van der Waals surface area contributed by atoms with Gasteiger partial charge in [-0.3, -0.25) is 18.8 Å². The SMILES string of the molecule is CC/C=C(N)/N=C(/OC)C(N=CC[C@@H](O)C(O)C(COP(=O)(N[C@@H](CC(C)C)C(=O)OC(C)C)OCC)OC)=C(C)N. The topological polar surface area (TPSA) is 210 Å². The Balaban J connectivity index is 5.62. The highest BCUT2D eigenvalue weighted by Gasteiger charge is 2.36. The lowest BCUT2D eigenvalue weighted by molar-refractivity contribution is -0.150. The first kappa shape index (κ1) is 39.7. The first-order chi connectivity index (χ1) is 19.6. The number of aliphatic hydroxyl groups excluding tert-OH is 2. The van der Waals surface area contributed by atoms with Crippen LogP contribution in [0.25, 0.3) is 0 Å². The van der Waals surface area contributed by atoms with Gasteiger partial charge in [-0.25, -0.2) is 9.65 Å². The summed E-state index contributed by atoms with van der Waals surface area (Å²) in [5.41, 5.74) is 12.3. The predicted octanol–water partition coefficient (Wildman–Crippen LogP) is 2.75. The molecule has 0 spiro atoms. The Morgan fingerprint density at radius 1 is 1.10 bits per heavy atom. The van der Waals surface area contributed by atoms with Crippen LogP contribution in [-0.4, -0.2) is 86.2 Å². The lowest BCUT2D eigenvalue weighted by atomic mass is 10.0. The lowest BCUT2D eigenvalue weighted by Gasteiger charge is -2.29. The zero-order chi connectivity index (χ0) is 32.5. The van der Waals surface area contributed by atoms with Gasteiger partial charge in [-0.05, 0) is 52.5 Å². The highest BCUT2D eigenvalue weighted by Crippen LogP contribution is 2.45. The van der Waals surface area contributed by atoms with E-state index in [-0.39, 0.29) is 42.5 Å². The van der Waals surface area contributed by atoms with Crippen LogP contribution < -0.4 is 16.6 Å². The van der Waals surface area contributed by atoms with Gasteiger partial charge in [0.15, 0.2) is 0 Å². The molecule has 0 saturated carbocycles. The van der Waals surface area contributed by atoms with Crippen molar-refractivity contribution in [1.29, 1.82) is 0 Å². The Morgan fingerprint density at radius 3 is 2.21 bits per heavy atom. The molecule has 0 rings (SSSR count). The summed E-state index contributed by atoms with van der Waals surface area (Å²) in [6.45, 7) is 11.9. The van der Waals surface area contributed by atoms with Crippen LogP contribution in [-0.2, 0) is 32.6 Å². The molecule has 0 aliphatic carbocycles. The molecule has 0 bridgehead atoms. The number of methoxy groups -OCH3 is 2. The molecule has 0 heterocycles. The van der Waals surface area contributed by atoms with Crippen LogP contribution in [0.4, 0.5) is 0 Å². The Kier molecular flexibility index (Phi) is 19.4. The maximum Gasteiger partial charge on any atom is 0.406 e. The van der Waals surface area contributed by atoms with Crippen molar-refractivity contribution in [3.63, 3.8) is 0 Å². The van der Waals surface area contributed by atoms with Crippen LogP contribution in [0.3, 0.4) is 0 Å². The molecule has 14 nitrogen and oxygen atoms in total. The zero-order valence-corrected chi connectivity index (χ0v) is 27.3. The molecule has 42 heavy (non-hydrogen) atoms. The third-order valence-electron chi connectivity index (χ3n) is 5.42. The van der Waals surface area contributed by atoms with E-state index in [1.807, 2.05) is 20.8 Å². The average molecular weight is 622 g/mol. The highest BCUT2D eigenvalue weighted by atomic mass is 31.2. The van der Waals surface area contributed by atoms with Gasteiger partial charge >= 0.3 is 13.7 Å². The molecule has 3 unspecified atom stereocenters. The molecule has 15 heteroatoms. The van der Waals surface area contributed by atoms with E-state index < -0.39 is 44.7 Å². The standard InChI is InChI=1S/C27H52N5O9P/c1-10-12-23(29)31-26(38-9)24(19(7)28)30-14-13-21(33)25(34)22(37-8)16-40-42(36,39-11-2)32-20(15-17(3)4)27(35)41-18(5)6/h12,14,17-18,20-22,25,33-34H,10-11,13,15-16,28-29H2,1-9H3,(H,32,36)/b23-12+,24-19?,30-14?,31-26+/t20-,21+,22?,25?,42?/m0/s1. The van der Waals surface area contributed by atoms with Crippen molar-refractivity contribution in [2.45, 2.75) is 98.2 Å². The predicted molar refractivity (Wildman–Crippen MR) is 163 cm³/mol. The van der Waals surface area contributed by atoms with Crippen LogP contribution in [0.5, 0.6) is 0 Å². The number of rotatable bonds is 20. The summed E-state index contributed by atoms with van der Waals surface area (Å²) in [6.07, 6.45) is -0.414. The second-order valence-corrected chi connectivity index (χ2v) is 11.8. The molecule has 7 N–H and O–H groups in total. The Bertz CT molecular complexity index is 981. The summed E-state index contributed by atoms with van der Waals surface area (Å²) >= 11 is 0. The van der Waals surface area contributed by atoms with Crippen molar-refractivity contribution >= 4 is 25.8 Å². The monoisotopic (exact) mass is 621 g/mol. The number of carbonyl (C=O) groups excluding carboxylic acids is 1. The molecule has 0 amide bonds. The number of nitrogens with one attached hydrogen (secondary N) is 1. The molecule has 0 aromatic rings. The van der Waals surface area contributed by atoms with Crippen molar-refractivity contribution in [2.24, 2.45) is 27.4 Å². The van der Waals surface area contributed by atoms with E-state index in [2.05, 4.69) is 15.1 Å². The summed E-state index contributed by atoms with van der Waals surface area (Å²) in [5, 5.41) is 24.0. The fraction of sp³-hybridized carbons (Fsp3) is 0.741. The van der Waals surface area contributed by atoms with Gasteiger partial charge in [-0.2, -0.15) is 4.99 Å². The number of nitrogens with two attached hydrogens (primary N) is 2. The van der Waals surface area contributed by atoms with E-state index in [1.165, 1.54) is 20.4 Å². The fourth-order valence-corrected chi connectivity index (χ4v) is 4.97. The van der Waals surface area contributed by atoms with E-state index in [0.717, 1.165) is 0 Å². The minimum absolute atomic E-state index is 0.0141. The number of ether oxygens (including phenoxy) is 3. The van der Waals surface area contributed by atoms with Crippen LogP contribution >= 0.6 is 7.75 Å². The molecule has 244 valence electrons. The van der Waals surface area contributed by atoms with E-state index in [9.17, 15) is 19.6 Å². The molecule has 5 atom stereocenters. The van der Waals surface area contributed by atoms with Gasteiger partial charge in [0.2, 0.25) is 5.90 Å². The minimum atomic E-state index is -4.05. The van der Waals surface area contributed by atoms with Crippen molar-refractivity contribution in [3.05, 3.63) is 23.3 Å². The molecular formula is C27H52N5O9P. The summed E-state index contributed by atoms with van der Waals surface area (Å²) in [4.78, 5) is 21.0. The van der Waals surface area contributed by atoms with Gasteiger partial charge in [0.25, 0.3) is 0 Å². The number of allylic oxidation sites excluding steroid dienone is 2. The number of carbonyl (C=O) groups is 1. The van der Waals surface area contributed by atoms with E-state index >= 15 is 0 Å². The number of hydrogen-bond donors (Lipinski definition) is 5. The van der Waals surface area contributed by atoms with Gasteiger partial charge in [0.05, 0.1) is 32.5 Å². The quantitative estimate of drug-likeness (QED) is 0.0575. The summed E-state index contributed by atoms with van der Waals surface area (Å²) in [7, 11) is -1.36. The van der Waals surface area contributed by atoms with Crippen molar-refractivity contribution in [2.75, 3.05) is 27.4 Å². The third-order valence-corrected chi connectivity index (χ3v) is 7.14. The van der Waals surface area contributed by atoms with Crippen molar-refractivity contribution in [3.8, 4) is 0 Å². The van der Waals surface area contributed by atoms with Gasteiger partial charge in [0.1, 0.15) is 29.8 Å². The largest absolute Gasteiger partial charge is 0.479 e. The Morgan fingerprint density at radius 2 is 1.74 bits per heavy atom. The minimum Gasteiger partial charge on any atom is -0.479 e. The Labute approximate surface area is 250 Å². The van der Waals surface area contributed by atoms with Crippen molar-refractivity contribution < 1.29 is 42.8 Å². The van der Waals surface area contributed by atoms with E-state index in [0.29, 0.717) is 18.5 Å². The number of esters is 1. The molecule has 0 saturated heterocycles. The third kappa shape index (κ3) is 15.2. The first-order valence-corrected chi connectivity index (χ1v) is 15.5. The van der Waals surface area contributed by atoms with Crippen LogP contribution in [0.15, 0.2) is 33.3 Å².